The summed E-state index contributed by atoms with van der Waals surface area (Å²) < 4.78 is 5.43. The molecule has 0 unspecified atom stereocenters. The van der Waals surface area contributed by atoms with Gasteiger partial charge in [-0.2, -0.15) is 0 Å². The molecule has 2 fully saturated rings. The Bertz CT molecular complexity index is 716. The molecule has 0 radical (unpaired) electrons. The van der Waals surface area contributed by atoms with E-state index in [2.05, 4.69) is 10.6 Å². The number of piperidine rings is 1. The van der Waals surface area contributed by atoms with E-state index in [1.54, 1.807) is 7.11 Å². The van der Waals surface area contributed by atoms with Crippen molar-refractivity contribution in [2.75, 3.05) is 20.2 Å². The van der Waals surface area contributed by atoms with Gasteiger partial charge in [-0.1, -0.05) is 17.7 Å². The Morgan fingerprint density at radius 3 is 2.65 bits per heavy atom. The molecule has 1 aromatic carbocycles. The molecule has 0 spiro atoms. The zero-order valence-corrected chi connectivity index (χ0v) is 15.3. The number of hydrogen-bond donors (Lipinski definition) is 2. The van der Waals surface area contributed by atoms with Crippen molar-refractivity contribution in [3.63, 3.8) is 0 Å². The molecule has 0 saturated carbocycles. The first-order valence-corrected chi connectivity index (χ1v) is 9.08. The number of likely N-dealkylation sites (tertiary alicyclic amines) is 1. The third-order valence-electron chi connectivity index (χ3n) is 4.99. The minimum absolute atomic E-state index is 0.0143. The van der Waals surface area contributed by atoms with Crippen LogP contribution in [0.1, 0.15) is 37.2 Å². The number of rotatable bonds is 5. The molecule has 2 heterocycles. The molecule has 4 amide bonds. The Hall–Kier alpha value is -2.28. The number of hydrogen-bond acceptors (Lipinski definition) is 4. The summed E-state index contributed by atoms with van der Waals surface area (Å²) in [4.78, 5) is 36.8. The molecule has 0 aliphatic carbocycles. The lowest BCUT2D eigenvalue weighted by atomic mass is 9.88. The van der Waals surface area contributed by atoms with Crippen molar-refractivity contribution in [3.05, 3.63) is 28.8 Å². The summed E-state index contributed by atoms with van der Waals surface area (Å²) in [6.45, 7) is 1.33. The molecule has 7 nitrogen and oxygen atoms in total. The van der Waals surface area contributed by atoms with Gasteiger partial charge in [-0.25, -0.2) is 4.79 Å². The maximum atomic E-state index is 12.4. The Labute approximate surface area is 157 Å². The molecule has 2 N–H and O–H groups in total. The van der Waals surface area contributed by atoms with E-state index in [9.17, 15) is 14.4 Å². The maximum Gasteiger partial charge on any atom is 0.322 e. The van der Waals surface area contributed by atoms with Crippen molar-refractivity contribution < 1.29 is 19.1 Å². The predicted octanol–water partition coefficient (Wildman–Crippen LogP) is 2.04. The highest BCUT2D eigenvalue weighted by atomic mass is 35.5. The second-order valence-electron chi connectivity index (χ2n) is 6.60. The van der Waals surface area contributed by atoms with Gasteiger partial charge in [0.1, 0.15) is 11.8 Å². The lowest BCUT2D eigenvalue weighted by molar-refractivity contribution is -0.132. The number of ether oxygens (including phenoxy) is 1. The molecule has 8 heteroatoms. The second kappa shape index (κ2) is 7.95. The molecule has 26 heavy (non-hydrogen) atoms. The van der Waals surface area contributed by atoms with Gasteiger partial charge < -0.3 is 15.0 Å². The van der Waals surface area contributed by atoms with Gasteiger partial charge >= 0.3 is 6.03 Å². The number of halogens is 1. The second-order valence-corrected chi connectivity index (χ2v) is 7.03. The number of benzene rings is 1. The average molecular weight is 380 g/mol. The van der Waals surface area contributed by atoms with Gasteiger partial charge in [-0.15, -0.1) is 0 Å². The third-order valence-corrected chi connectivity index (χ3v) is 5.22. The fourth-order valence-corrected chi connectivity index (χ4v) is 3.71. The maximum absolute atomic E-state index is 12.4. The number of imide groups is 1. The molecule has 0 bridgehead atoms. The topological polar surface area (TPSA) is 87.7 Å². The zero-order valence-electron chi connectivity index (χ0n) is 14.6. The highest BCUT2D eigenvalue weighted by Gasteiger charge is 2.31. The van der Waals surface area contributed by atoms with Crippen LogP contribution >= 0.6 is 11.6 Å². The zero-order chi connectivity index (χ0) is 18.7. The van der Waals surface area contributed by atoms with Crippen LogP contribution in [0.5, 0.6) is 5.75 Å². The molecular formula is C18H22ClN3O4. The summed E-state index contributed by atoms with van der Waals surface area (Å²) in [7, 11) is 1.63. The molecule has 140 valence electrons. The number of methoxy groups -OCH3 is 1. The van der Waals surface area contributed by atoms with Crippen LogP contribution in [-0.4, -0.2) is 49.0 Å². The molecule has 3 rings (SSSR count). The fourth-order valence-electron chi connectivity index (χ4n) is 3.55. The molecule has 1 aromatic rings. The molecule has 2 saturated heterocycles. The molecule has 0 aromatic heterocycles. The van der Waals surface area contributed by atoms with Crippen LogP contribution in [0.2, 0.25) is 5.02 Å². The standard InChI is InChI=1S/C18H22ClN3O4/c1-26-15-10-12(19)2-3-13(15)11-6-8-22(9-7-11)16(23)5-4-14-17(24)21-18(25)20-14/h2-3,10-11,14H,4-9H2,1H3,(H2,20,21,24,25)/t14-/m1/s1. The van der Waals surface area contributed by atoms with Crippen molar-refractivity contribution in [1.29, 1.82) is 0 Å². The molecule has 2 aliphatic heterocycles. The molecular weight excluding hydrogens is 358 g/mol. The highest BCUT2D eigenvalue weighted by molar-refractivity contribution is 6.30. The van der Waals surface area contributed by atoms with Crippen molar-refractivity contribution >= 4 is 29.4 Å². The quantitative estimate of drug-likeness (QED) is 0.766. The summed E-state index contributed by atoms with van der Waals surface area (Å²) in [5.74, 6) is 0.758. The van der Waals surface area contributed by atoms with E-state index in [1.807, 2.05) is 23.1 Å². The Morgan fingerprint density at radius 1 is 1.31 bits per heavy atom. The van der Waals surface area contributed by atoms with Crippen LogP contribution in [0.25, 0.3) is 0 Å². The van der Waals surface area contributed by atoms with Gasteiger partial charge in [0, 0.05) is 24.5 Å². The van der Waals surface area contributed by atoms with Gasteiger partial charge in [0.05, 0.1) is 7.11 Å². The van der Waals surface area contributed by atoms with Crippen molar-refractivity contribution in [3.8, 4) is 5.75 Å². The number of nitrogens with zero attached hydrogens (tertiary/aromatic N) is 1. The summed E-state index contributed by atoms with van der Waals surface area (Å²) >= 11 is 6.02. The van der Waals surface area contributed by atoms with Crippen molar-refractivity contribution in [2.45, 2.75) is 37.6 Å². The Kier molecular flexibility index (Phi) is 5.66. The van der Waals surface area contributed by atoms with Gasteiger partial charge in [0.15, 0.2) is 0 Å². The van der Waals surface area contributed by atoms with E-state index in [1.165, 1.54) is 0 Å². The lowest BCUT2D eigenvalue weighted by Crippen LogP contribution is -2.39. The first-order chi connectivity index (χ1) is 12.5. The van der Waals surface area contributed by atoms with Gasteiger partial charge in [-0.3, -0.25) is 14.9 Å². The van der Waals surface area contributed by atoms with Gasteiger partial charge in [0.2, 0.25) is 5.91 Å². The minimum atomic E-state index is -0.609. The number of carbonyl (C=O) groups is 3. The van der Waals surface area contributed by atoms with E-state index in [0.717, 1.165) is 24.2 Å². The smallest absolute Gasteiger partial charge is 0.322 e. The lowest BCUT2D eigenvalue weighted by Gasteiger charge is -2.33. The van der Waals surface area contributed by atoms with Crippen LogP contribution in [-0.2, 0) is 9.59 Å². The summed E-state index contributed by atoms with van der Waals surface area (Å²) in [6, 6.07) is 4.56. The average Bonchev–Trinajstić information content (AvgIpc) is 2.97. The number of amides is 4. The van der Waals surface area contributed by atoms with E-state index in [4.69, 9.17) is 16.3 Å². The monoisotopic (exact) mass is 379 g/mol. The number of urea groups is 1. The molecule has 2 aliphatic rings. The Morgan fingerprint density at radius 2 is 2.04 bits per heavy atom. The SMILES string of the molecule is COc1cc(Cl)ccc1C1CCN(C(=O)CC[C@H]2NC(=O)NC2=O)CC1. The normalized spacial score (nSPS) is 20.7. The first-order valence-electron chi connectivity index (χ1n) is 8.70. The first kappa shape index (κ1) is 18.5. The molecule has 1 atom stereocenters. The number of nitrogens with one attached hydrogen (secondary N) is 2. The largest absolute Gasteiger partial charge is 0.496 e. The van der Waals surface area contributed by atoms with E-state index >= 15 is 0 Å². The van der Waals surface area contributed by atoms with Crippen LogP contribution < -0.4 is 15.4 Å². The van der Waals surface area contributed by atoms with Crippen LogP contribution in [0.15, 0.2) is 18.2 Å². The van der Waals surface area contributed by atoms with Crippen LogP contribution in [0.3, 0.4) is 0 Å². The number of carbonyl (C=O) groups excluding carboxylic acids is 3. The van der Waals surface area contributed by atoms with E-state index < -0.39 is 12.1 Å². The third kappa shape index (κ3) is 4.09. The summed E-state index contributed by atoms with van der Waals surface area (Å²) in [5.41, 5.74) is 1.12. The van der Waals surface area contributed by atoms with Gasteiger partial charge in [0.25, 0.3) is 5.91 Å². The van der Waals surface area contributed by atoms with Crippen molar-refractivity contribution in [2.24, 2.45) is 0 Å². The fraction of sp³-hybridized carbons (Fsp3) is 0.500. The summed E-state index contributed by atoms with van der Waals surface area (Å²) in [6.07, 6.45) is 2.27. The van der Waals surface area contributed by atoms with Gasteiger partial charge in [-0.05, 0) is 42.9 Å². The Balaban J connectivity index is 1.51. The van der Waals surface area contributed by atoms with Crippen LogP contribution in [0, 0.1) is 0 Å². The van der Waals surface area contributed by atoms with E-state index in [-0.39, 0.29) is 18.2 Å². The summed E-state index contributed by atoms with van der Waals surface area (Å²) in [5, 5.41) is 5.33. The predicted molar refractivity (Wildman–Crippen MR) is 96.3 cm³/mol. The van der Waals surface area contributed by atoms with E-state index in [0.29, 0.717) is 30.5 Å². The highest BCUT2D eigenvalue weighted by Crippen LogP contribution is 2.35. The van der Waals surface area contributed by atoms with Crippen molar-refractivity contribution in [1.82, 2.24) is 15.5 Å². The van der Waals surface area contributed by atoms with Crippen LogP contribution in [0.4, 0.5) is 4.79 Å². The minimum Gasteiger partial charge on any atom is -0.496 e.